The summed E-state index contributed by atoms with van der Waals surface area (Å²) in [6.07, 6.45) is 0. The van der Waals surface area contributed by atoms with E-state index in [1.807, 2.05) is 0 Å². The molecule has 2 aromatic rings. The number of benzene rings is 1. The van der Waals surface area contributed by atoms with E-state index in [4.69, 9.17) is 5.11 Å². The van der Waals surface area contributed by atoms with E-state index in [0.29, 0.717) is 5.56 Å². The van der Waals surface area contributed by atoms with Gasteiger partial charge >= 0.3 is 5.97 Å². The summed E-state index contributed by atoms with van der Waals surface area (Å²) in [6.45, 7) is 1.73. The van der Waals surface area contributed by atoms with E-state index in [9.17, 15) is 9.18 Å². The zero-order valence-corrected chi connectivity index (χ0v) is 9.31. The fraction of sp³-hybridized carbons (Fsp3) is 0.182. The lowest BCUT2D eigenvalue weighted by Crippen LogP contribution is -2.00. The van der Waals surface area contributed by atoms with Crippen LogP contribution in [-0.2, 0) is 7.05 Å². The van der Waals surface area contributed by atoms with E-state index < -0.39 is 11.8 Å². The van der Waals surface area contributed by atoms with Gasteiger partial charge in [-0.2, -0.15) is 0 Å². The Hall–Kier alpha value is -2.24. The molecule has 0 spiro atoms. The molecule has 2 rings (SSSR count). The van der Waals surface area contributed by atoms with Gasteiger partial charge in [0.1, 0.15) is 5.82 Å². The Labute approximate surface area is 96.5 Å². The molecule has 1 aromatic heterocycles. The van der Waals surface area contributed by atoms with Gasteiger partial charge in [-0.3, -0.25) is 0 Å². The fourth-order valence-corrected chi connectivity index (χ4v) is 1.61. The van der Waals surface area contributed by atoms with Crippen LogP contribution in [0, 0.1) is 12.7 Å². The van der Waals surface area contributed by atoms with E-state index in [0.717, 1.165) is 0 Å². The molecule has 0 saturated heterocycles. The summed E-state index contributed by atoms with van der Waals surface area (Å²) in [7, 11) is 1.53. The predicted octanol–water partition coefficient (Wildman–Crippen LogP) is 1.63. The first-order chi connectivity index (χ1) is 8.00. The third-order valence-electron chi connectivity index (χ3n) is 2.40. The average Bonchev–Trinajstić information content (AvgIpc) is 2.61. The SMILES string of the molecule is Cc1cccc(F)c1-c1nc(C(=O)O)nn1C. The molecule has 1 N–H and O–H groups in total. The largest absolute Gasteiger partial charge is 0.475 e. The smallest absolute Gasteiger partial charge is 0.375 e. The molecule has 0 bridgehead atoms. The van der Waals surface area contributed by atoms with Crippen LogP contribution in [-0.4, -0.2) is 25.8 Å². The molecule has 0 aliphatic rings. The second-order valence-electron chi connectivity index (χ2n) is 3.62. The molecule has 0 atom stereocenters. The summed E-state index contributed by atoms with van der Waals surface area (Å²) in [5.74, 6) is -1.82. The molecule has 0 radical (unpaired) electrons. The third-order valence-corrected chi connectivity index (χ3v) is 2.40. The molecule has 5 nitrogen and oxygen atoms in total. The zero-order chi connectivity index (χ0) is 12.6. The van der Waals surface area contributed by atoms with Crippen molar-refractivity contribution in [3.8, 4) is 11.4 Å². The van der Waals surface area contributed by atoms with E-state index in [1.54, 1.807) is 19.1 Å². The number of aromatic carboxylic acids is 1. The van der Waals surface area contributed by atoms with Crippen molar-refractivity contribution in [1.82, 2.24) is 14.8 Å². The molecule has 0 unspecified atom stereocenters. The minimum Gasteiger partial charge on any atom is -0.475 e. The van der Waals surface area contributed by atoms with E-state index >= 15 is 0 Å². The minimum absolute atomic E-state index is 0.206. The maximum atomic E-state index is 13.7. The highest BCUT2D eigenvalue weighted by Gasteiger charge is 2.18. The Morgan fingerprint density at radius 1 is 1.47 bits per heavy atom. The topological polar surface area (TPSA) is 68.0 Å². The van der Waals surface area contributed by atoms with Crippen LogP contribution in [0.3, 0.4) is 0 Å². The van der Waals surface area contributed by atoms with Crippen LogP contribution in [0.15, 0.2) is 18.2 Å². The Morgan fingerprint density at radius 2 is 2.18 bits per heavy atom. The third kappa shape index (κ3) is 1.89. The van der Waals surface area contributed by atoms with Crippen molar-refractivity contribution in [3.05, 3.63) is 35.4 Å². The van der Waals surface area contributed by atoms with E-state index in [2.05, 4.69) is 10.1 Å². The number of halogens is 1. The van der Waals surface area contributed by atoms with Gasteiger partial charge in [-0.05, 0) is 18.6 Å². The second-order valence-corrected chi connectivity index (χ2v) is 3.62. The number of aromatic nitrogens is 3. The summed E-state index contributed by atoms with van der Waals surface area (Å²) in [5.41, 5.74) is 0.951. The lowest BCUT2D eigenvalue weighted by Gasteiger charge is -2.05. The van der Waals surface area contributed by atoms with Crippen molar-refractivity contribution in [2.75, 3.05) is 0 Å². The highest BCUT2D eigenvalue weighted by Crippen LogP contribution is 2.24. The quantitative estimate of drug-likeness (QED) is 0.858. The van der Waals surface area contributed by atoms with Crippen molar-refractivity contribution in [2.45, 2.75) is 6.92 Å². The number of rotatable bonds is 2. The molecule has 88 valence electrons. The van der Waals surface area contributed by atoms with Crippen LogP contribution in [0.1, 0.15) is 16.2 Å². The lowest BCUT2D eigenvalue weighted by atomic mass is 10.1. The van der Waals surface area contributed by atoms with Crippen molar-refractivity contribution in [3.63, 3.8) is 0 Å². The molecule has 17 heavy (non-hydrogen) atoms. The Bertz CT molecular complexity index is 572. The number of carboxylic acid groups (broad SMARTS) is 1. The molecule has 0 amide bonds. The van der Waals surface area contributed by atoms with E-state index in [1.165, 1.54) is 17.8 Å². The van der Waals surface area contributed by atoms with Gasteiger partial charge in [0.05, 0.1) is 5.56 Å². The Kier molecular flexibility index (Phi) is 2.63. The first-order valence-corrected chi connectivity index (χ1v) is 4.90. The molecule has 0 aliphatic heterocycles. The standard InChI is InChI=1S/C11H10FN3O2/c1-6-4-3-5-7(12)8(6)10-13-9(11(16)17)14-15(10)2/h3-5H,1-2H3,(H,16,17). The number of nitrogens with zero attached hydrogens (tertiary/aromatic N) is 3. The molecule has 6 heteroatoms. The Morgan fingerprint density at radius 3 is 2.71 bits per heavy atom. The van der Waals surface area contributed by atoms with Gasteiger partial charge in [0.2, 0.25) is 0 Å². The van der Waals surface area contributed by atoms with Crippen molar-refractivity contribution < 1.29 is 14.3 Å². The van der Waals surface area contributed by atoms with Crippen molar-refractivity contribution in [2.24, 2.45) is 7.05 Å². The van der Waals surface area contributed by atoms with Crippen LogP contribution in [0.2, 0.25) is 0 Å². The summed E-state index contributed by atoms with van der Waals surface area (Å²) in [5, 5.41) is 12.5. The molecule has 0 aliphatic carbocycles. The van der Waals surface area contributed by atoms with Crippen LogP contribution < -0.4 is 0 Å². The molecular formula is C11H10FN3O2. The average molecular weight is 235 g/mol. The summed E-state index contributed by atoms with van der Waals surface area (Å²) in [4.78, 5) is 14.5. The highest BCUT2D eigenvalue weighted by atomic mass is 19.1. The van der Waals surface area contributed by atoms with E-state index in [-0.39, 0.29) is 17.2 Å². The van der Waals surface area contributed by atoms with Crippen molar-refractivity contribution >= 4 is 5.97 Å². The van der Waals surface area contributed by atoms with Crippen LogP contribution >= 0.6 is 0 Å². The minimum atomic E-state index is -1.24. The summed E-state index contributed by atoms with van der Waals surface area (Å²) < 4.78 is 15.0. The van der Waals surface area contributed by atoms with Gasteiger partial charge in [0, 0.05) is 7.05 Å². The van der Waals surface area contributed by atoms with Gasteiger partial charge in [-0.15, -0.1) is 5.10 Å². The maximum absolute atomic E-state index is 13.7. The first kappa shape index (κ1) is 11.3. The van der Waals surface area contributed by atoms with Gasteiger partial charge in [-0.25, -0.2) is 18.9 Å². The Balaban J connectivity index is 2.64. The van der Waals surface area contributed by atoms with Gasteiger partial charge in [0.25, 0.3) is 5.82 Å². The molecule has 0 fully saturated rings. The normalized spacial score (nSPS) is 10.5. The summed E-state index contributed by atoms with van der Waals surface area (Å²) in [6, 6.07) is 4.62. The lowest BCUT2D eigenvalue weighted by molar-refractivity contribution is 0.0683. The number of carboxylic acids is 1. The second kappa shape index (κ2) is 3.97. The predicted molar refractivity (Wildman–Crippen MR) is 58.1 cm³/mol. The van der Waals surface area contributed by atoms with Crippen LogP contribution in [0.5, 0.6) is 0 Å². The van der Waals surface area contributed by atoms with Gasteiger partial charge in [-0.1, -0.05) is 12.1 Å². The number of hydrogen-bond donors (Lipinski definition) is 1. The molecule has 1 heterocycles. The maximum Gasteiger partial charge on any atom is 0.375 e. The first-order valence-electron chi connectivity index (χ1n) is 4.90. The summed E-state index contributed by atoms with van der Waals surface area (Å²) >= 11 is 0. The van der Waals surface area contributed by atoms with Gasteiger partial charge < -0.3 is 5.11 Å². The molecule has 0 saturated carbocycles. The van der Waals surface area contributed by atoms with Crippen LogP contribution in [0.25, 0.3) is 11.4 Å². The van der Waals surface area contributed by atoms with Crippen LogP contribution in [0.4, 0.5) is 4.39 Å². The number of hydrogen-bond acceptors (Lipinski definition) is 3. The zero-order valence-electron chi connectivity index (χ0n) is 9.31. The molecular weight excluding hydrogens is 225 g/mol. The highest BCUT2D eigenvalue weighted by molar-refractivity contribution is 5.83. The van der Waals surface area contributed by atoms with Crippen molar-refractivity contribution in [1.29, 1.82) is 0 Å². The van der Waals surface area contributed by atoms with Gasteiger partial charge in [0.15, 0.2) is 5.82 Å². The fourth-order valence-electron chi connectivity index (χ4n) is 1.61. The monoisotopic (exact) mass is 235 g/mol. The number of aryl methyl sites for hydroxylation is 2. The molecule has 1 aromatic carbocycles. The number of carbonyl (C=O) groups is 1.